The molecule has 0 aromatic heterocycles. The molecule has 0 bridgehead atoms. The molecule has 1 atom stereocenters. The van der Waals surface area contributed by atoms with Crippen molar-refractivity contribution in [2.24, 2.45) is 5.92 Å². The average molecular weight is 303 g/mol. The van der Waals surface area contributed by atoms with Crippen LogP contribution in [-0.4, -0.2) is 69.4 Å². The molecule has 20 heavy (non-hydrogen) atoms. The largest absolute Gasteiger partial charge is 0.381 e. The van der Waals surface area contributed by atoms with Gasteiger partial charge >= 0.3 is 0 Å². The fourth-order valence-electron chi connectivity index (χ4n) is 3.92. The molecule has 0 N–H and O–H groups in total. The SMILES string of the molecule is CCOC[C@@H]1CCS(=O)(=O)C12CN(C1CCOCC1)C2. The van der Waals surface area contributed by atoms with E-state index in [1.807, 2.05) is 6.92 Å². The van der Waals surface area contributed by atoms with Crippen LogP contribution in [0.25, 0.3) is 0 Å². The number of nitrogens with zero attached hydrogens (tertiary/aromatic N) is 1. The molecule has 3 aliphatic heterocycles. The molecule has 0 amide bonds. The van der Waals surface area contributed by atoms with Crippen molar-refractivity contribution in [2.45, 2.75) is 37.0 Å². The Morgan fingerprint density at radius 2 is 1.95 bits per heavy atom. The van der Waals surface area contributed by atoms with E-state index in [-0.39, 0.29) is 5.92 Å². The molecule has 3 heterocycles. The first kappa shape index (κ1) is 14.8. The molecule has 3 fully saturated rings. The highest BCUT2D eigenvalue weighted by molar-refractivity contribution is 7.93. The zero-order valence-corrected chi connectivity index (χ0v) is 13.0. The van der Waals surface area contributed by atoms with E-state index in [0.29, 0.717) is 38.1 Å². The molecule has 3 aliphatic rings. The van der Waals surface area contributed by atoms with Gasteiger partial charge in [0, 0.05) is 44.9 Å². The van der Waals surface area contributed by atoms with Crippen LogP contribution in [0.2, 0.25) is 0 Å². The normalized spacial score (nSPS) is 33.4. The second-order valence-corrected chi connectivity index (χ2v) is 8.73. The molecule has 3 rings (SSSR count). The lowest BCUT2D eigenvalue weighted by Gasteiger charge is -2.53. The Balaban J connectivity index is 1.67. The lowest BCUT2D eigenvalue weighted by Crippen LogP contribution is -2.70. The van der Waals surface area contributed by atoms with Crippen molar-refractivity contribution in [3.8, 4) is 0 Å². The third-order valence-electron chi connectivity index (χ3n) is 5.27. The van der Waals surface area contributed by atoms with E-state index < -0.39 is 14.6 Å². The highest BCUT2D eigenvalue weighted by atomic mass is 32.2. The van der Waals surface area contributed by atoms with Gasteiger partial charge in [0.25, 0.3) is 0 Å². The molecule has 116 valence electrons. The zero-order valence-electron chi connectivity index (χ0n) is 12.2. The van der Waals surface area contributed by atoms with Crippen LogP contribution in [0.15, 0.2) is 0 Å². The molecule has 0 unspecified atom stereocenters. The Morgan fingerprint density at radius 3 is 2.60 bits per heavy atom. The summed E-state index contributed by atoms with van der Waals surface area (Å²) in [6.45, 7) is 6.25. The summed E-state index contributed by atoms with van der Waals surface area (Å²) in [4.78, 5) is 2.35. The standard InChI is InChI=1S/C14H25NO4S/c1-2-18-9-12-5-8-20(16,17)14(12)10-15(11-14)13-3-6-19-7-4-13/h12-13H,2-11H2,1H3/t12-/m0/s1. The number of likely N-dealkylation sites (tertiary alicyclic amines) is 1. The van der Waals surface area contributed by atoms with Gasteiger partial charge in [-0.2, -0.15) is 0 Å². The first-order valence-corrected chi connectivity index (χ1v) is 9.36. The van der Waals surface area contributed by atoms with Gasteiger partial charge in [-0.05, 0) is 26.2 Å². The van der Waals surface area contributed by atoms with Crippen LogP contribution in [0.1, 0.15) is 26.2 Å². The van der Waals surface area contributed by atoms with Crippen molar-refractivity contribution in [3.63, 3.8) is 0 Å². The summed E-state index contributed by atoms with van der Waals surface area (Å²) in [5.74, 6) is 0.523. The lowest BCUT2D eigenvalue weighted by atomic mass is 9.82. The van der Waals surface area contributed by atoms with Crippen molar-refractivity contribution in [2.75, 3.05) is 45.3 Å². The molecule has 0 aromatic carbocycles. The summed E-state index contributed by atoms with van der Waals surface area (Å²) in [5.41, 5.74) is 0. The molecular formula is C14H25NO4S. The van der Waals surface area contributed by atoms with E-state index >= 15 is 0 Å². The zero-order chi connectivity index (χ0) is 14.2. The second-order valence-electron chi connectivity index (χ2n) is 6.28. The van der Waals surface area contributed by atoms with Crippen LogP contribution >= 0.6 is 0 Å². The maximum atomic E-state index is 12.5. The van der Waals surface area contributed by atoms with Crippen LogP contribution < -0.4 is 0 Å². The number of sulfone groups is 1. The summed E-state index contributed by atoms with van der Waals surface area (Å²) in [6, 6.07) is 0.512. The van der Waals surface area contributed by atoms with Crippen molar-refractivity contribution >= 4 is 9.84 Å². The second kappa shape index (κ2) is 5.55. The van der Waals surface area contributed by atoms with Crippen LogP contribution in [0.3, 0.4) is 0 Å². The summed E-state index contributed by atoms with van der Waals surface area (Å²) < 4.78 is 35.3. The first-order valence-electron chi connectivity index (χ1n) is 7.71. The maximum Gasteiger partial charge on any atom is 0.158 e. The average Bonchev–Trinajstić information content (AvgIpc) is 2.67. The third-order valence-corrected chi connectivity index (χ3v) is 7.87. The summed E-state index contributed by atoms with van der Waals surface area (Å²) in [6.07, 6.45) is 2.84. The van der Waals surface area contributed by atoms with E-state index in [1.54, 1.807) is 0 Å². The van der Waals surface area contributed by atoms with Gasteiger partial charge in [0.15, 0.2) is 9.84 Å². The summed E-state index contributed by atoms with van der Waals surface area (Å²) in [7, 11) is -2.95. The first-order chi connectivity index (χ1) is 9.59. The Kier molecular flexibility index (Phi) is 4.10. The summed E-state index contributed by atoms with van der Waals surface area (Å²) in [5, 5.41) is 0. The summed E-state index contributed by atoms with van der Waals surface area (Å²) >= 11 is 0. The van der Waals surface area contributed by atoms with E-state index in [4.69, 9.17) is 9.47 Å². The molecule has 3 saturated heterocycles. The molecular weight excluding hydrogens is 278 g/mol. The van der Waals surface area contributed by atoms with Gasteiger partial charge in [-0.3, -0.25) is 4.90 Å². The van der Waals surface area contributed by atoms with Crippen molar-refractivity contribution in [1.29, 1.82) is 0 Å². The van der Waals surface area contributed by atoms with E-state index in [1.165, 1.54) is 0 Å². The van der Waals surface area contributed by atoms with Crippen molar-refractivity contribution < 1.29 is 17.9 Å². The highest BCUT2D eigenvalue weighted by Gasteiger charge is 2.62. The van der Waals surface area contributed by atoms with E-state index in [2.05, 4.69) is 4.90 Å². The number of rotatable bonds is 4. The van der Waals surface area contributed by atoms with Crippen molar-refractivity contribution in [3.05, 3.63) is 0 Å². The maximum absolute atomic E-state index is 12.5. The predicted octanol–water partition coefficient (Wildman–Crippen LogP) is 0.691. The molecule has 0 aromatic rings. The van der Waals surface area contributed by atoms with Gasteiger partial charge in [0.05, 0.1) is 12.4 Å². The molecule has 6 heteroatoms. The van der Waals surface area contributed by atoms with E-state index in [0.717, 1.165) is 32.5 Å². The fraction of sp³-hybridized carbons (Fsp3) is 1.00. The molecule has 5 nitrogen and oxygen atoms in total. The highest BCUT2D eigenvalue weighted by Crippen LogP contribution is 2.46. The van der Waals surface area contributed by atoms with Gasteiger partial charge in [-0.15, -0.1) is 0 Å². The lowest BCUT2D eigenvalue weighted by molar-refractivity contribution is -0.0294. The Labute approximate surface area is 121 Å². The smallest absolute Gasteiger partial charge is 0.158 e. The third kappa shape index (κ3) is 2.30. The molecule has 0 aliphatic carbocycles. The molecule has 0 saturated carbocycles. The van der Waals surface area contributed by atoms with Gasteiger partial charge in [-0.25, -0.2) is 8.42 Å². The van der Waals surface area contributed by atoms with Crippen molar-refractivity contribution in [1.82, 2.24) is 4.90 Å². The minimum atomic E-state index is -2.95. The van der Waals surface area contributed by atoms with Crippen LogP contribution in [0.4, 0.5) is 0 Å². The minimum Gasteiger partial charge on any atom is -0.381 e. The van der Waals surface area contributed by atoms with Gasteiger partial charge in [-0.1, -0.05) is 0 Å². The molecule has 0 radical (unpaired) electrons. The number of hydrogen-bond donors (Lipinski definition) is 0. The van der Waals surface area contributed by atoms with Crippen LogP contribution in [0, 0.1) is 5.92 Å². The van der Waals surface area contributed by atoms with Gasteiger partial charge in [0.2, 0.25) is 0 Å². The van der Waals surface area contributed by atoms with Gasteiger partial charge < -0.3 is 9.47 Å². The predicted molar refractivity (Wildman–Crippen MR) is 76.5 cm³/mol. The Morgan fingerprint density at radius 1 is 1.25 bits per heavy atom. The van der Waals surface area contributed by atoms with Crippen LogP contribution in [-0.2, 0) is 19.3 Å². The monoisotopic (exact) mass is 303 g/mol. The Hall–Kier alpha value is -0.170. The quantitative estimate of drug-likeness (QED) is 0.765. The Bertz CT molecular complexity index is 438. The fourth-order valence-corrected chi connectivity index (χ4v) is 6.34. The number of hydrogen-bond acceptors (Lipinski definition) is 5. The van der Waals surface area contributed by atoms with E-state index in [9.17, 15) is 8.42 Å². The topological polar surface area (TPSA) is 55.8 Å². The van der Waals surface area contributed by atoms with Crippen LogP contribution in [0.5, 0.6) is 0 Å². The minimum absolute atomic E-state index is 0.184. The van der Waals surface area contributed by atoms with Gasteiger partial charge in [0.1, 0.15) is 4.75 Å². The molecule has 1 spiro atoms. The number of ether oxygens (including phenoxy) is 2.